The van der Waals surface area contributed by atoms with Crippen molar-refractivity contribution in [3.05, 3.63) is 95.1 Å². The number of anilines is 1. The molecule has 0 heterocycles. The van der Waals surface area contributed by atoms with E-state index in [1.165, 1.54) is 4.90 Å². The molecular formula is C32H41N3O4S. The number of rotatable bonds is 10. The van der Waals surface area contributed by atoms with Crippen molar-refractivity contribution in [2.24, 2.45) is 0 Å². The molecule has 214 valence electrons. The van der Waals surface area contributed by atoms with E-state index < -0.39 is 34.1 Å². The van der Waals surface area contributed by atoms with Gasteiger partial charge in [0.1, 0.15) is 12.6 Å². The minimum atomic E-state index is -4.10. The third-order valence-corrected chi connectivity index (χ3v) is 8.53. The fraction of sp³-hybridized carbons (Fsp3) is 0.375. The van der Waals surface area contributed by atoms with Gasteiger partial charge in [0.15, 0.2) is 0 Å². The van der Waals surface area contributed by atoms with Gasteiger partial charge >= 0.3 is 0 Å². The lowest BCUT2D eigenvalue weighted by Crippen LogP contribution is -2.55. The van der Waals surface area contributed by atoms with Gasteiger partial charge in [0.05, 0.1) is 10.6 Å². The molecule has 0 unspecified atom stereocenters. The number of carbonyl (C=O) groups is 2. The van der Waals surface area contributed by atoms with E-state index >= 15 is 0 Å². The standard InChI is InChI=1S/C32H41N3O4S/c1-8-29(31(37)33-32(5,6)7)34(21-26-12-10-9-11-13-26)30(36)22-35(27-17-16-24(3)25(4)20-27)40(38,39)28-18-14-23(2)15-19-28/h9-20,29H,8,21-22H2,1-7H3,(H,33,37)/t29-/m0/s1. The first-order valence-electron chi connectivity index (χ1n) is 13.5. The Hall–Kier alpha value is -3.65. The molecule has 1 atom stereocenters. The van der Waals surface area contributed by atoms with Gasteiger partial charge in [-0.2, -0.15) is 0 Å². The van der Waals surface area contributed by atoms with E-state index in [9.17, 15) is 18.0 Å². The molecule has 7 nitrogen and oxygen atoms in total. The Morgan fingerprint density at radius 2 is 1.50 bits per heavy atom. The minimum absolute atomic E-state index is 0.0938. The number of sulfonamides is 1. The summed E-state index contributed by atoms with van der Waals surface area (Å²) in [6, 6.07) is 20.5. The van der Waals surface area contributed by atoms with Gasteiger partial charge in [-0.25, -0.2) is 8.42 Å². The van der Waals surface area contributed by atoms with Gasteiger partial charge in [0.25, 0.3) is 10.0 Å². The minimum Gasteiger partial charge on any atom is -0.350 e. The van der Waals surface area contributed by atoms with E-state index in [1.807, 2.05) is 84.9 Å². The smallest absolute Gasteiger partial charge is 0.264 e. The van der Waals surface area contributed by atoms with Crippen LogP contribution in [-0.2, 0) is 26.2 Å². The SMILES string of the molecule is CC[C@@H](C(=O)NC(C)(C)C)N(Cc1ccccc1)C(=O)CN(c1ccc(C)c(C)c1)S(=O)(=O)c1ccc(C)cc1. The maximum atomic E-state index is 14.1. The van der Waals surface area contributed by atoms with Gasteiger partial charge in [0, 0.05) is 12.1 Å². The molecule has 0 aliphatic heterocycles. The van der Waals surface area contributed by atoms with Crippen molar-refractivity contribution in [2.75, 3.05) is 10.8 Å². The van der Waals surface area contributed by atoms with E-state index in [1.54, 1.807) is 36.4 Å². The summed E-state index contributed by atoms with van der Waals surface area (Å²) in [5, 5.41) is 2.99. The zero-order valence-corrected chi connectivity index (χ0v) is 25.4. The number of hydrogen-bond acceptors (Lipinski definition) is 4. The predicted molar refractivity (Wildman–Crippen MR) is 161 cm³/mol. The van der Waals surface area contributed by atoms with Gasteiger partial charge in [-0.15, -0.1) is 0 Å². The summed E-state index contributed by atoms with van der Waals surface area (Å²) >= 11 is 0. The van der Waals surface area contributed by atoms with E-state index in [4.69, 9.17) is 0 Å². The number of amides is 2. The zero-order chi connectivity index (χ0) is 29.7. The maximum absolute atomic E-state index is 14.1. The Balaban J connectivity index is 2.08. The second kappa shape index (κ2) is 12.7. The molecule has 0 aromatic heterocycles. The van der Waals surface area contributed by atoms with Crippen LogP contribution in [-0.4, -0.2) is 43.3 Å². The van der Waals surface area contributed by atoms with Crippen LogP contribution >= 0.6 is 0 Å². The highest BCUT2D eigenvalue weighted by atomic mass is 32.2. The predicted octanol–water partition coefficient (Wildman–Crippen LogP) is 5.53. The van der Waals surface area contributed by atoms with E-state index in [-0.39, 0.29) is 17.3 Å². The van der Waals surface area contributed by atoms with Crippen LogP contribution in [0.25, 0.3) is 0 Å². The number of carbonyl (C=O) groups excluding carboxylic acids is 2. The lowest BCUT2D eigenvalue weighted by Gasteiger charge is -2.35. The highest BCUT2D eigenvalue weighted by Crippen LogP contribution is 2.27. The normalized spacial score (nSPS) is 12.5. The number of aryl methyl sites for hydroxylation is 3. The second-order valence-corrected chi connectivity index (χ2v) is 13.1. The van der Waals surface area contributed by atoms with Crippen LogP contribution in [0.3, 0.4) is 0 Å². The molecule has 0 saturated heterocycles. The van der Waals surface area contributed by atoms with Crippen molar-refractivity contribution in [3.8, 4) is 0 Å². The van der Waals surface area contributed by atoms with Gasteiger partial charge < -0.3 is 10.2 Å². The average Bonchev–Trinajstić information content (AvgIpc) is 2.88. The van der Waals surface area contributed by atoms with Crippen molar-refractivity contribution >= 4 is 27.5 Å². The monoisotopic (exact) mass is 563 g/mol. The van der Waals surface area contributed by atoms with Gasteiger partial charge in [-0.1, -0.05) is 61.0 Å². The molecule has 3 aromatic rings. The fourth-order valence-corrected chi connectivity index (χ4v) is 5.81. The molecule has 0 aliphatic carbocycles. The van der Waals surface area contributed by atoms with Gasteiger partial charge in [-0.3, -0.25) is 13.9 Å². The molecule has 0 aliphatic rings. The summed E-state index contributed by atoms with van der Waals surface area (Å²) in [6.07, 6.45) is 0.370. The van der Waals surface area contributed by atoms with Crippen molar-refractivity contribution in [1.29, 1.82) is 0 Å². The molecule has 40 heavy (non-hydrogen) atoms. The van der Waals surface area contributed by atoms with E-state index in [2.05, 4.69) is 5.32 Å². The largest absolute Gasteiger partial charge is 0.350 e. The summed E-state index contributed by atoms with van der Waals surface area (Å²) in [5.74, 6) is -0.743. The second-order valence-electron chi connectivity index (χ2n) is 11.3. The van der Waals surface area contributed by atoms with Crippen LogP contribution < -0.4 is 9.62 Å². The van der Waals surface area contributed by atoms with Crippen molar-refractivity contribution in [2.45, 2.75) is 77.9 Å². The lowest BCUT2D eigenvalue weighted by atomic mass is 10.1. The first-order chi connectivity index (χ1) is 18.7. The molecule has 0 radical (unpaired) electrons. The third kappa shape index (κ3) is 7.72. The van der Waals surface area contributed by atoms with E-state index in [0.717, 1.165) is 26.6 Å². The quantitative estimate of drug-likeness (QED) is 0.352. The summed E-state index contributed by atoms with van der Waals surface area (Å²) in [5.41, 5.74) is 3.59. The molecule has 0 saturated carbocycles. The number of nitrogens with zero attached hydrogens (tertiary/aromatic N) is 2. The van der Waals surface area contributed by atoms with Crippen molar-refractivity contribution in [3.63, 3.8) is 0 Å². The van der Waals surface area contributed by atoms with Crippen molar-refractivity contribution < 1.29 is 18.0 Å². The van der Waals surface area contributed by atoms with E-state index in [0.29, 0.717) is 12.1 Å². The first kappa shape index (κ1) is 30.9. The highest BCUT2D eigenvalue weighted by Gasteiger charge is 2.34. The summed E-state index contributed by atoms with van der Waals surface area (Å²) in [4.78, 5) is 29.1. The zero-order valence-electron chi connectivity index (χ0n) is 24.6. The number of benzene rings is 3. The molecule has 0 fully saturated rings. The average molecular weight is 564 g/mol. The van der Waals surface area contributed by atoms with Crippen molar-refractivity contribution in [1.82, 2.24) is 10.2 Å². The van der Waals surface area contributed by atoms with Gasteiger partial charge in [0.2, 0.25) is 11.8 Å². The highest BCUT2D eigenvalue weighted by molar-refractivity contribution is 7.92. The van der Waals surface area contributed by atoms with Gasteiger partial charge in [-0.05, 0) is 88.9 Å². The molecule has 0 bridgehead atoms. The summed E-state index contributed by atoms with van der Waals surface area (Å²) in [6.45, 7) is 13.0. The van der Waals surface area contributed by atoms with Crippen LogP contribution in [0.2, 0.25) is 0 Å². The molecule has 1 N–H and O–H groups in total. The summed E-state index contributed by atoms with van der Waals surface area (Å²) < 4.78 is 29.1. The van der Waals surface area contributed by atoms with Crippen LogP contribution in [0.1, 0.15) is 56.4 Å². The number of nitrogens with one attached hydrogen (secondary N) is 1. The Kier molecular flexibility index (Phi) is 9.79. The maximum Gasteiger partial charge on any atom is 0.264 e. The number of hydrogen-bond donors (Lipinski definition) is 1. The fourth-order valence-electron chi connectivity index (χ4n) is 4.40. The first-order valence-corrected chi connectivity index (χ1v) is 15.0. The summed E-state index contributed by atoms with van der Waals surface area (Å²) in [7, 11) is -4.10. The van der Waals surface area contributed by atoms with Crippen LogP contribution in [0, 0.1) is 20.8 Å². The Bertz CT molecular complexity index is 1430. The van der Waals surface area contributed by atoms with Crippen LogP contribution in [0.4, 0.5) is 5.69 Å². The molecule has 0 spiro atoms. The van der Waals surface area contributed by atoms with Crippen LogP contribution in [0.5, 0.6) is 0 Å². The Morgan fingerprint density at radius 3 is 2.05 bits per heavy atom. The molecular weight excluding hydrogens is 522 g/mol. The Morgan fingerprint density at radius 1 is 0.875 bits per heavy atom. The lowest BCUT2D eigenvalue weighted by molar-refractivity contribution is -0.141. The molecule has 8 heteroatoms. The molecule has 2 amide bonds. The topological polar surface area (TPSA) is 86.8 Å². The Labute approximate surface area is 239 Å². The third-order valence-electron chi connectivity index (χ3n) is 6.75. The van der Waals surface area contributed by atoms with Crippen LogP contribution in [0.15, 0.2) is 77.7 Å². The molecule has 3 rings (SSSR count). The molecule has 3 aromatic carbocycles.